The van der Waals surface area contributed by atoms with Crippen LogP contribution >= 0.6 is 11.3 Å². The maximum absolute atomic E-state index is 12.1. The lowest BCUT2D eigenvalue weighted by Gasteiger charge is -2.07. The molecule has 0 bridgehead atoms. The predicted octanol–water partition coefficient (Wildman–Crippen LogP) is 2.77. The fourth-order valence-corrected chi connectivity index (χ4v) is 3.09. The van der Waals surface area contributed by atoms with Crippen molar-refractivity contribution in [2.24, 2.45) is 0 Å². The summed E-state index contributed by atoms with van der Waals surface area (Å²) in [4.78, 5) is 17.5. The Hall–Kier alpha value is -1.72. The van der Waals surface area contributed by atoms with Gasteiger partial charge in [-0.15, -0.1) is 11.3 Å². The Bertz CT molecular complexity index is 622. The van der Waals surface area contributed by atoms with Crippen LogP contribution in [0.2, 0.25) is 0 Å². The van der Waals surface area contributed by atoms with Crippen LogP contribution in [0.15, 0.2) is 24.3 Å². The van der Waals surface area contributed by atoms with Gasteiger partial charge in [0.1, 0.15) is 5.01 Å². The van der Waals surface area contributed by atoms with E-state index < -0.39 is 0 Å². The molecule has 0 saturated heterocycles. The number of hydrogen-bond donors (Lipinski definition) is 1. The normalized spacial score (nSPS) is 10.6. The molecule has 0 fully saturated rings. The number of nitrogens with zero attached hydrogens (tertiary/aromatic N) is 1. The lowest BCUT2D eigenvalue weighted by Crippen LogP contribution is -2.24. The monoisotopic (exact) mass is 304 g/mol. The third-order valence-electron chi connectivity index (χ3n) is 3.26. The average molecular weight is 304 g/mol. The van der Waals surface area contributed by atoms with Gasteiger partial charge in [0.2, 0.25) is 5.91 Å². The molecule has 0 saturated carbocycles. The van der Waals surface area contributed by atoms with Crippen molar-refractivity contribution >= 4 is 17.2 Å². The van der Waals surface area contributed by atoms with E-state index in [2.05, 4.69) is 10.3 Å². The Morgan fingerprint density at radius 2 is 2.10 bits per heavy atom. The van der Waals surface area contributed by atoms with Gasteiger partial charge in [0.05, 0.1) is 18.7 Å². The van der Waals surface area contributed by atoms with Gasteiger partial charge in [0, 0.05) is 18.5 Å². The number of rotatable bonds is 6. The molecule has 4 nitrogen and oxygen atoms in total. The molecule has 0 unspecified atom stereocenters. The molecule has 2 aromatic rings. The number of carbonyl (C=O) groups excluding carboxylic acids is 1. The van der Waals surface area contributed by atoms with Gasteiger partial charge < -0.3 is 10.1 Å². The van der Waals surface area contributed by atoms with Gasteiger partial charge >= 0.3 is 0 Å². The molecule has 1 aromatic heterocycles. The van der Waals surface area contributed by atoms with Gasteiger partial charge in [-0.05, 0) is 25.0 Å². The SMILES string of the molecule is COCc1nc(C)c(CC(=O)NCc2ccccc2C)s1. The summed E-state index contributed by atoms with van der Waals surface area (Å²) in [6.45, 7) is 5.04. The van der Waals surface area contributed by atoms with E-state index in [1.807, 2.05) is 38.1 Å². The van der Waals surface area contributed by atoms with Crippen molar-refractivity contribution in [1.29, 1.82) is 0 Å². The second-order valence-corrected chi connectivity index (χ2v) is 6.10. The smallest absolute Gasteiger partial charge is 0.225 e. The zero-order chi connectivity index (χ0) is 15.2. The van der Waals surface area contributed by atoms with Crippen LogP contribution in [-0.4, -0.2) is 18.0 Å². The highest BCUT2D eigenvalue weighted by atomic mass is 32.1. The van der Waals surface area contributed by atoms with Crippen molar-refractivity contribution < 1.29 is 9.53 Å². The first-order valence-corrected chi connectivity index (χ1v) is 7.67. The molecule has 0 radical (unpaired) electrons. The lowest BCUT2D eigenvalue weighted by atomic mass is 10.1. The van der Waals surface area contributed by atoms with Crippen LogP contribution in [0, 0.1) is 13.8 Å². The topological polar surface area (TPSA) is 51.2 Å². The molecule has 0 aliphatic heterocycles. The minimum atomic E-state index is 0.0222. The first-order valence-electron chi connectivity index (χ1n) is 6.85. The molecule has 5 heteroatoms. The second-order valence-electron chi connectivity index (χ2n) is 4.93. The van der Waals surface area contributed by atoms with Crippen LogP contribution in [0.3, 0.4) is 0 Å². The maximum Gasteiger partial charge on any atom is 0.225 e. The summed E-state index contributed by atoms with van der Waals surface area (Å²) >= 11 is 1.54. The molecular formula is C16H20N2O2S. The van der Waals surface area contributed by atoms with Gasteiger partial charge in [0.15, 0.2) is 0 Å². The molecule has 112 valence electrons. The Morgan fingerprint density at radius 3 is 2.81 bits per heavy atom. The Labute approximate surface area is 129 Å². The average Bonchev–Trinajstić information content (AvgIpc) is 2.78. The maximum atomic E-state index is 12.1. The first kappa shape index (κ1) is 15.7. The van der Waals surface area contributed by atoms with Crippen molar-refractivity contribution in [3.8, 4) is 0 Å². The van der Waals surface area contributed by atoms with E-state index in [0.717, 1.165) is 21.1 Å². The molecule has 1 aromatic carbocycles. The summed E-state index contributed by atoms with van der Waals surface area (Å²) < 4.78 is 5.07. The number of aryl methyl sites for hydroxylation is 2. The number of hydrogen-bond acceptors (Lipinski definition) is 4. The minimum absolute atomic E-state index is 0.0222. The van der Waals surface area contributed by atoms with E-state index in [1.54, 1.807) is 18.4 Å². The van der Waals surface area contributed by atoms with Gasteiger partial charge in [-0.2, -0.15) is 0 Å². The quantitative estimate of drug-likeness (QED) is 0.893. The van der Waals surface area contributed by atoms with Crippen LogP contribution in [0.5, 0.6) is 0 Å². The highest BCUT2D eigenvalue weighted by Gasteiger charge is 2.11. The standard InChI is InChI=1S/C16H20N2O2S/c1-11-6-4-5-7-13(11)9-17-15(19)8-14-12(2)18-16(21-14)10-20-3/h4-7H,8-10H2,1-3H3,(H,17,19). The molecular weight excluding hydrogens is 284 g/mol. The van der Waals surface area contributed by atoms with Crippen molar-refractivity contribution in [3.63, 3.8) is 0 Å². The summed E-state index contributed by atoms with van der Waals surface area (Å²) in [5.41, 5.74) is 3.25. The van der Waals surface area contributed by atoms with E-state index in [0.29, 0.717) is 19.6 Å². The highest BCUT2D eigenvalue weighted by molar-refractivity contribution is 7.11. The summed E-state index contributed by atoms with van der Waals surface area (Å²) in [5, 5.41) is 3.88. The minimum Gasteiger partial charge on any atom is -0.378 e. The van der Waals surface area contributed by atoms with Crippen molar-refractivity contribution in [2.75, 3.05) is 7.11 Å². The second kappa shape index (κ2) is 7.33. The summed E-state index contributed by atoms with van der Waals surface area (Å²) in [6.07, 6.45) is 0.374. The Balaban J connectivity index is 1.91. The number of amides is 1. The van der Waals surface area contributed by atoms with Crippen LogP contribution in [0.4, 0.5) is 0 Å². The number of methoxy groups -OCH3 is 1. The van der Waals surface area contributed by atoms with Crippen molar-refractivity contribution in [1.82, 2.24) is 10.3 Å². The van der Waals surface area contributed by atoms with Crippen LogP contribution < -0.4 is 5.32 Å². The molecule has 0 aliphatic carbocycles. The summed E-state index contributed by atoms with van der Waals surface area (Å²) in [7, 11) is 1.64. The third kappa shape index (κ3) is 4.37. The fraction of sp³-hybridized carbons (Fsp3) is 0.375. The number of aromatic nitrogens is 1. The fourth-order valence-electron chi connectivity index (χ4n) is 2.05. The molecule has 1 amide bonds. The van der Waals surface area contributed by atoms with Crippen LogP contribution in [0.25, 0.3) is 0 Å². The highest BCUT2D eigenvalue weighted by Crippen LogP contribution is 2.19. The molecule has 2 rings (SSSR count). The van der Waals surface area contributed by atoms with Crippen molar-refractivity contribution in [2.45, 2.75) is 33.4 Å². The Morgan fingerprint density at radius 1 is 1.33 bits per heavy atom. The summed E-state index contributed by atoms with van der Waals surface area (Å²) in [5.74, 6) is 0.0222. The van der Waals surface area contributed by atoms with Gasteiger partial charge in [0.25, 0.3) is 0 Å². The van der Waals surface area contributed by atoms with E-state index in [-0.39, 0.29) is 5.91 Å². The number of thiazole rings is 1. The van der Waals surface area contributed by atoms with Gasteiger partial charge in [-0.1, -0.05) is 24.3 Å². The van der Waals surface area contributed by atoms with Gasteiger partial charge in [-0.3, -0.25) is 4.79 Å². The number of benzene rings is 1. The number of carbonyl (C=O) groups is 1. The number of ether oxygens (including phenoxy) is 1. The zero-order valence-electron chi connectivity index (χ0n) is 12.6. The van der Waals surface area contributed by atoms with Crippen LogP contribution in [-0.2, 0) is 29.1 Å². The first-order chi connectivity index (χ1) is 10.1. The largest absolute Gasteiger partial charge is 0.378 e. The van der Waals surface area contributed by atoms with E-state index in [4.69, 9.17) is 4.74 Å². The molecule has 0 atom stereocenters. The molecule has 1 heterocycles. The number of nitrogens with one attached hydrogen (secondary N) is 1. The molecule has 0 spiro atoms. The van der Waals surface area contributed by atoms with E-state index in [1.165, 1.54) is 5.56 Å². The van der Waals surface area contributed by atoms with E-state index in [9.17, 15) is 4.79 Å². The lowest BCUT2D eigenvalue weighted by molar-refractivity contribution is -0.120. The molecule has 21 heavy (non-hydrogen) atoms. The zero-order valence-corrected chi connectivity index (χ0v) is 13.4. The molecule has 1 N–H and O–H groups in total. The molecule has 0 aliphatic rings. The Kier molecular flexibility index (Phi) is 5.47. The predicted molar refractivity (Wildman–Crippen MR) is 84.3 cm³/mol. The van der Waals surface area contributed by atoms with Crippen molar-refractivity contribution in [3.05, 3.63) is 51.0 Å². The third-order valence-corrected chi connectivity index (χ3v) is 4.39. The summed E-state index contributed by atoms with van der Waals surface area (Å²) in [6, 6.07) is 8.06. The van der Waals surface area contributed by atoms with E-state index >= 15 is 0 Å². The van der Waals surface area contributed by atoms with Gasteiger partial charge in [-0.25, -0.2) is 4.98 Å². The van der Waals surface area contributed by atoms with Crippen LogP contribution in [0.1, 0.15) is 26.7 Å².